The molecule has 0 saturated heterocycles. The Morgan fingerprint density at radius 1 is 0.875 bits per heavy atom. The zero-order chi connectivity index (χ0) is 23.1. The SMILES string of the molecule is CCCCCc1ccc(OC(=O)c2ccc(-c3ccc(CC)cc3)c(C(F)F)c2F)cc1. The monoisotopic (exact) mass is 440 g/mol. The zero-order valence-electron chi connectivity index (χ0n) is 18.3. The number of benzene rings is 3. The van der Waals surface area contributed by atoms with Crippen molar-refractivity contribution in [3.8, 4) is 16.9 Å². The van der Waals surface area contributed by atoms with Gasteiger partial charge in [-0.25, -0.2) is 18.0 Å². The number of rotatable bonds is 9. The predicted octanol–water partition coefficient (Wildman–Crippen LogP) is 7.94. The van der Waals surface area contributed by atoms with E-state index in [9.17, 15) is 13.6 Å². The van der Waals surface area contributed by atoms with Crippen molar-refractivity contribution in [3.05, 3.63) is 88.7 Å². The first kappa shape index (κ1) is 23.6. The minimum absolute atomic E-state index is 0.0631. The lowest BCUT2D eigenvalue weighted by Gasteiger charge is -2.14. The molecule has 5 heteroatoms. The van der Waals surface area contributed by atoms with Gasteiger partial charge in [-0.2, -0.15) is 0 Å². The molecule has 3 aromatic rings. The van der Waals surface area contributed by atoms with Crippen LogP contribution >= 0.6 is 0 Å². The molecule has 0 unspecified atom stereocenters. The van der Waals surface area contributed by atoms with Crippen LogP contribution in [0.5, 0.6) is 5.75 Å². The molecule has 0 aliphatic heterocycles. The third-order valence-electron chi connectivity index (χ3n) is 5.49. The lowest BCUT2D eigenvalue weighted by Crippen LogP contribution is -2.13. The van der Waals surface area contributed by atoms with Crippen molar-refractivity contribution in [1.29, 1.82) is 0 Å². The predicted molar refractivity (Wildman–Crippen MR) is 121 cm³/mol. The van der Waals surface area contributed by atoms with Crippen LogP contribution < -0.4 is 4.74 Å². The standard InChI is InChI=1S/C27H27F3O2/c1-3-5-6-7-19-10-14-21(15-11-19)32-27(31)23-17-16-22(24(25(23)28)26(29)30)20-12-8-18(4-2)9-13-20/h8-17,26H,3-7H2,1-2H3. The van der Waals surface area contributed by atoms with Crippen LogP contribution in [0, 0.1) is 5.82 Å². The third-order valence-corrected chi connectivity index (χ3v) is 5.49. The topological polar surface area (TPSA) is 26.3 Å². The van der Waals surface area contributed by atoms with E-state index in [1.54, 1.807) is 24.3 Å². The van der Waals surface area contributed by atoms with E-state index < -0.39 is 29.3 Å². The van der Waals surface area contributed by atoms with E-state index in [4.69, 9.17) is 4.74 Å². The molecule has 0 radical (unpaired) electrons. The number of unbranched alkanes of at least 4 members (excludes halogenated alkanes) is 2. The van der Waals surface area contributed by atoms with Gasteiger partial charge < -0.3 is 4.74 Å². The normalized spacial score (nSPS) is 11.1. The highest BCUT2D eigenvalue weighted by atomic mass is 19.3. The Balaban J connectivity index is 1.83. The molecule has 0 aliphatic rings. The molecular formula is C27H27F3O2. The van der Waals surface area contributed by atoms with E-state index in [1.165, 1.54) is 12.1 Å². The Morgan fingerprint density at radius 3 is 2.12 bits per heavy atom. The highest BCUT2D eigenvalue weighted by Crippen LogP contribution is 2.35. The summed E-state index contributed by atoms with van der Waals surface area (Å²) in [5.74, 6) is -2.01. The molecular weight excluding hydrogens is 413 g/mol. The van der Waals surface area contributed by atoms with Gasteiger partial charge in [0.15, 0.2) is 0 Å². The van der Waals surface area contributed by atoms with Crippen molar-refractivity contribution in [2.24, 2.45) is 0 Å². The van der Waals surface area contributed by atoms with E-state index in [0.717, 1.165) is 43.2 Å². The molecule has 32 heavy (non-hydrogen) atoms. The largest absolute Gasteiger partial charge is 0.423 e. The summed E-state index contributed by atoms with van der Waals surface area (Å²) in [4.78, 5) is 12.5. The van der Waals surface area contributed by atoms with Crippen LogP contribution in [-0.4, -0.2) is 5.97 Å². The van der Waals surface area contributed by atoms with Gasteiger partial charge in [-0.05, 0) is 59.7 Å². The Bertz CT molecular complexity index is 1040. The summed E-state index contributed by atoms with van der Waals surface area (Å²) in [6.45, 7) is 4.12. The maximum Gasteiger partial charge on any atom is 0.346 e. The fraction of sp³-hybridized carbons (Fsp3) is 0.296. The van der Waals surface area contributed by atoms with Crippen molar-refractivity contribution < 1.29 is 22.7 Å². The van der Waals surface area contributed by atoms with Crippen LogP contribution in [0.3, 0.4) is 0 Å². The first-order chi connectivity index (χ1) is 15.4. The quantitative estimate of drug-likeness (QED) is 0.192. The van der Waals surface area contributed by atoms with Crippen LogP contribution in [0.1, 0.15) is 66.6 Å². The number of ether oxygens (including phenoxy) is 1. The van der Waals surface area contributed by atoms with Crippen LogP contribution in [0.2, 0.25) is 0 Å². The summed E-state index contributed by atoms with van der Waals surface area (Å²) in [7, 11) is 0. The molecule has 0 N–H and O–H groups in total. The van der Waals surface area contributed by atoms with Gasteiger partial charge >= 0.3 is 5.97 Å². The van der Waals surface area contributed by atoms with Gasteiger partial charge in [0.1, 0.15) is 11.6 Å². The summed E-state index contributed by atoms with van der Waals surface area (Å²) in [6, 6.07) is 16.5. The summed E-state index contributed by atoms with van der Waals surface area (Å²) < 4.78 is 47.8. The molecule has 2 nitrogen and oxygen atoms in total. The van der Waals surface area contributed by atoms with Gasteiger partial charge in [0.05, 0.1) is 11.1 Å². The summed E-state index contributed by atoms with van der Waals surface area (Å²) in [5, 5.41) is 0. The second kappa shape index (κ2) is 11.0. The molecule has 0 amide bonds. The molecule has 3 rings (SSSR count). The fourth-order valence-electron chi connectivity index (χ4n) is 3.60. The van der Waals surface area contributed by atoms with Crippen LogP contribution in [0.4, 0.5) is 13.2 Å². The summed E-state index contributed by atoms with van der Waals surface area (Å²) in [5.41, 5.74) is 1.38. The van der Waals surface area contributed by atoms with Crippen molar-refractivity contribution in [2.45, 2.75) is 52.4 Å². The molecule has 168 valence electrons. The minimum Gasteiger partial charge on any atom is -0.423 e. The number of alkyl halides is 2. The van der Waals surface area contributed by atoms with E-state index >= 15 is 4.39 Å². The number of hydrogen-bond acceptors (Lipinski definition) is 2. The smallest absolute Gasteiger partial charge is 0.346 e. The van der Waals surface area contributed by atoms with Gasteiger partial charge in [0.25, 0.3) is 6.43 Å². The summed E-state index contributed by atoms with van der Waals surface area (Å²) in [6.07, 6.45) is 2.00. The van der Waals surface area contributed by atoms with Crippen molar-refractivity contribution >= 4 is 5.97 Å². The Labute approximate surface area is 187 Å². The molecule has 0 atom stereocenters. The first-order valence-electron chi connectivity index (χ1n) is 11.0. The number of halogens is 3. The number of hydrogen-bond donors (Lipinski definition) is 0. The number of carbonyl (C=O) groups excluding carboxylic acids is 1. The van der Waals surface area contributed by atoms with Gasteiger partial charge in [-0.3, -0.25) is 0 Å². The number of carbonyl (C=O) groups is 1. The van der Waals surface area contributed by atoms with Gasteiger partial charge in [-0.15, -0.1) is 0 Å². The van der Waals surface area contributed by atoms with Crippen molar-refractivity contribution in [3.63, 3.8) is 0 Å². The highest BCUT2D eigenvalue weighted by Gasteiger charge is 2.26. The molecule has 0 spiro atoms. The minimum atomic E-state index is -3.08. The van der Waals surface area contributed by atoms with E-state index in [1.807, 2.05) is 31.2 Å². The van der Waals surface area contributed by atoms with Crippen molar-refractivity contribution in [1.82, 2.24) is 0 Å². The number of esters is 1. The maximum absolute atomic E-state index is 15.0. The highest BCUT2D eigenvalue weighted by molar-refractivity contribution is 5.92. The molecule has 3 aromatic carbocycles. The Kier molecular flexibility index (Phi) is 8.09. The van der Waals surface area contributed by atoms with Gasteiger partial charge in [0.2, 0.25) is 0 Å². The average molecular weight is 441 g/mol. The molecule has 0 fully saturated rings. The maximum atomic E-state index is 15.0. The van der Waals surface area contributed by atoms with Crippen LogP contribution in [0.15, 0.2) is 60.7 Å². The first-order valence-corrected chi connectivity index (χ1v) is 11.0. The van der Waals surface area contributed by atoms with Gasteiger partial charge in [0, 0.05) is 0 Å². The second-order valence-electron chi connectivity index (χ2n) is 7.73. The lowest BCUT2D eigenvalue weighted by molar-refractivity contribution is 0.0728. The van der Waals surface area contributed by atoms with Gasteiger partial charge in [-0.1, -0.05) is 69.2 Å². The Morgan fingerprint density at radius 2 is 1.53 bits per heavy atom. The lowest BCUT2D eigenvalue weighted by atomic mass is 9.96. The van der Waals surface area contributed by atoms with E-state index in [0.29, 0.717) is 5.56 Å². The zero-order valence-corrected chi connectivity index (χ0v) is 18.3. The third kappa shape index (κ3) is 5.58. The Hall–Kier alpha value is -3.08. The molecule has 0 aromatic heterocycles. The average Bonchev–Trinajstić information content (AvgIpc) is 2.80. The van der Waals surface area contributed by atoms with E-state index in [2.05, 4.69) is 6.92 Å². The second-order valence-corrected chi connectivity index (χ2v) is 7.73. The number of aryl methyl sites for hydroxylation is 2. The molecule has 0 bridgehead atoms. The molecule has 0 aliphatic carbocycles. The molecule has 0 saturated carbocycles. The van der Waals surface area contributed by atoms with Crippen LogP contribution in [0.25, 0.3) is 11.1 Å². The van der Waals surface area contributed by atoms with Crippen molar-refractivity contribution in [2.75, 3.05) is 0 Å². The molecule has 0 heterocycles. The van der Waals surface area contributed by atoms with E-state index in [-0.39, 0.29) is 11.3 Å². The van der Waals surface area contributed by atoms with Crippen LogP contribution in [-0.2, 0) is 12.8 Å². The summed E-state index contributed by atoms with van der Waals surface area (Å²) >= 11 is 0. The fourth-order valence-corrected chi connectivity index (χ4v) is 3.60.